The molecule has 4 nitrogen and oxygen atoms in total. The highest BCUT2D eigenvalue weighted by atomic mass is 16.3. The molecule has 0 spiro atoms. The molecule has 31 heavy (non-hydrogen) atoms. The van der Waals surface area contributed by atoms with E-state index in [0.29, 0.717) is 17.1 Å². The second-order valence-electron chi connectivity index (χ2n) is 11.4. The minimum atomic E-state index is -0.263. The average Bonchev–Trinajstić information content (AvgIpc) is 3.00. The molecular weight excluding hydrogens is 384 g/mol. The molecule has 0 amide bonds. The van der Waals surface area contributed by atoms with Gasteiger partial charge in [0.05, 0.1) is 12.4 Å². The van der Waals surface area contributed by atoms with E-state index in [9.17, 15) is 9.90 Å². The Labute approximate surface area is 189 Å². The van der Waals surface area contributed by atoms with Crippen LogP contribution in [0.2, 0.25) is 0 Å². The minimum Gasteiger partial charge on any atom is -0.507 e. The van der Waals surface area contributed by atoms with Gasteiger partial charge in [-0.25, -0.2) is 0 Å². The number of nitrogens with one attached hydrogen (secondary N) is 1. The van der Waals surface area contributed by atoms with Gasteiger partial charge in [0.15, 0.2) is 5.78 Å². The molecule has 2 rings (SSSR count). The first-order valence-electron chi connectivity index (χ1n) is 12.0. The number of ketones is 1. The lowest BCUT2D eigenvalue weighted by Gasteiger charge is -2.28. The third kappa shape index (κ3) is 6.11. The number of Topliss-reactive ketones (excluding diaryl/α,β-unsaturated/α-hetero) is 1. The van der Waals surface area contributed by atoms with Gasteiger partial charge in [-0.1, -0.05) is 68.2 Å². The highest BCUT2D eigenvalue weighted by Crippen LogP contribution is 2.40. The Hall–Kier alpha value is -1.84. The van der Waals surface area contributed by atoms with Gasteiger partial charge >= 0.3 is 0 Å². The zero-order valence-corrected chi connectivity index (χ0v) is 21.1. The van der Waals surface area contributed by atoms with Crippen molar-refractivity contribution in [2.24, 2.45) is 11.8 Å². The molecule has 0 aliphatic carbocycles. The van der Waals surface area contributed by atoms with Crippen LogP contribution in [-0.4, -0.2) is 34.7 Å². The number of aromatic hydroxyl groups is 1. The number of carbonyl (C=O) groups excluding carboxylic acids is 1. The lowest BCUT2D eigenvalue weighted by atomic mass is 9.78. The first-order valence-corrected chi connectivity index (χ1v) is 12.0. The molecule has 2 N–H and O–H groups in total. The fourth-order valence-corrected chi connectivity index (χ4v) is 4.61. The number of phenolic OH excluding ortho intramolecular Hbond substituents is 1. The summed E-state index contributed by atoms with van der Waals surface area (Å²) in [6.45, 7) is 17.9. The van der Waals surface area contributed by atoms with Crippen LogP contribution in [0, 0.1) is 17.2 Å². The molecule has 1 unspecified atom stereocenters. The second kappa shape index (κ2) is 9.75. The number of likely N-dealkylation sites (tertiary alicyclic amines) is 1. The van der Waals surface area contributed by atoms with E-state index in [0.717, 1.165) is 36.4 Å². The molecule has 0 saturated carbocycles. The van der Waals surface area contributed by atoms with E-state index in [4.69, 9.17) is 5.41 Å². The third-order valence-electron chi connectivity index (χ3n) is 6.94. The summed E-state index contributed by atoms with van der Waals surface area (Å²) in [5.41, 5.74) is 1.73. The molecule has 1 atom stereocenters. The van der Waals surface area contributed by atoms with E-state index in [2.05, 4.69) is 55.4 Å². The van der Waals surface area contributed by atoms with Crippen molar-refractivity contribution in [3.05, 3.63) is 28.8 Å². The maximum atomic E-state index is 13.3. The summed E-state index contributed by atoms with van der Waals surface area (Å²) in [6, 6.07) is 3.72. The average molecular weight is 429 g/mol. The van der Waals surface area contributed by atoms with Crippen LogP contribution in [0.15, 0.2) is 12.1 Å². The van der Waals surface area contributed by atoms with E-state index in [1.807, 2.05) is 17.0 Å². The Morgan fingerprint density at radius 2 is 1.61 bits per heavy atom. The highest BCUT2D eigenvalue weighted by molar-refractivity contribution is 6.00. The summed E-state index contributed by atoms with van der Waals surface area (Å²) >= 11 is 0. The van der Waals surface area contributed by atoms with Crippen LogP contribution in [-0.2, 0) is 10.8 Å². The highest BCUT2D eigenvalue weighted by Gasteiger charge is 2.31. The van der Waals surface area contributed by atoms with E-state index < -0.39 is 0 Å². The standard InChI is InChI=1S/C27H44N2O2/c1-9-18(10-2)11-12-19-13-14-29(25(19)28)17-23(30)20-15-21(26(3,4)5)24(31)22(16-20)27(6,7)8/h15-16,18-19,28,31H,9-14,17H2,1-8H3. The zero-order valence-electron chi connectivity index (χ0n) is 21.1. The Bertz CT molecular complexity index is 759. The van der Waals surface area contributed by atoms with Gasteiger partial charge in [-0.3, -0.25) is 10.2 Å². The lowest BCUT2D eigenvalue weighted by molar-refractivity contribution is 0.0965. The normalized spacial score (nSPS) is 17.6. The second-order valence-corrected chi connectivity index (χ2v) is 11.4. The predicted molar refractivity (Wildman–Crippen MR) is 131 cm³/mol. The summed E-state index contributed by atoms with van der Waals surface area (Å²) in [4.78, 5) is 15.2. The third-order valence-corrected chi connectivity index (χ3v) is 6.94. The van der Waals surface area contributed by atoms with Gasteiger partial charge in [0.2, 0.25) is 0 Å². The number of carbonyl (C=O) groups is 1. The van der Waals surface area contributed by atoms with Crippen molar-refractivity contribution in [1.29, 1.82) is 5.41 Å². The molecule has 4 heteroatoms. The Morgan fingerprint density at radius 3 is 2.06 bits per heavy atom. The van der Waals surface area contributed by atoms with E-state index >= 15 is 0 Å². The van der Waals surface area contributed by atoms with Crippen molar-refractivity contribution in [2.45, 2.75) is 98.3 Å². The van der Waals surface area contributed by atoms with Crippen molar-refractivity contribution in [3.63, 3.8) is 0 Å². The van der Waals surface area contributed by atoms with Gasteiger partial charge in [-0.15, -0.1) is 0 Å². The Kier molecular flexibility index (Phi) is 7.99. The van der Waals surface area contributed by atoms with E-state index in [1.54, 1.807) is 0 Å². The predicted octanol–water partition coefficient (Wildman–Crippen LogP) is 6.69. The zero-order chi connectivity index (χ0) is 23.6. The van der Waals surface area contributed by atoms with Crippen LogP contribution in [0.1, 0.15) is 109 Å². The van der Waals surface area contributed by atoms with Crippen LogP contribution < -0.4 is 0 Å². The molecular formula is C27H44N2O2. The summed E-state index contributed by atoms with van der Waals surface area (Å²) in [7, 11) is 0. The lowest BCUT2D eigenvalue weighted by Crippen LogP contribution is -2.32. The summed E-state index contributed by atoms with van der Waals surface area (Å²) in [5, 5.41) is 19.5. The molecule has 1 heterocycles. The Balaban J connectivity index is 2.20. The van der Waals surface area contributed by atoms with Gasteiger partial charge in [-0.2, -0.15) is 0 Å². The molecule has 1 aromatic carbocycles. The summed E-state index contributed by atoms with van der Waals surface area (Å²) in [6.07, 6.45) is 5.60. The number of hydrogen-bond acceptors (Lipinski definition) is 3. The first-order chi connectivity index (χ1) is 14.3. The monoisotopic (exact) mass is 428 g/mol. The van der Waals surface area contributed by atoms with Gasteiger partial charge in [-0.05, 0) is 48.1 Å². The number of hydrogen-bond donors (Lipinski definition) is 2. The number of benzene rings is 1. The molecule has 1 aliphatic rings. The molecule has 0 aromatic heterocycles. The molecule has 1 aliphatic heterocycles. The van der Waals surface area contributed by atoms with Gasteiger partial charge in [0.1, 0.15) is 5.75 Å². The largest absolute Gasteiger partial charge is 0.507 e. The van der Waals surface area contributed by atoms with Crippen molar-refractivity contribution in [3.8, 4) is 5.75 Å². The smallest absolute Gasteiger partial charge is 0.182 e. The number of nitrogens with zero attached hydrogens (tertiary/aromatic N) is 1. The van der Waals surface area contributed by atoms with Gasteiger partial charge in [0, 0.05) is 29.2 Å². The van der Waals surface area contributed by atoms with Crippen LogP contribution in [0.25, 0.3) is 0 Å². The molecule has 174 valence electrons. The molecule has 0 radical (unpaired) electrons. The molecule has 1 aromatic rings. The van der Waals surface area contributed by atoms with Crippen molar-refractivity contribution in [2.75, 3.05) is 13.1 Å². The topological polar surface area (TPSA) is 64.4 Å². The molecule has 1 fully saturated rings. The van der Waals surface area contributed by atoms with Crippen LogP contribution in [0.4, 0.5) is 0 Å². The van der Waals surface area contributed by atoms with Gasteiger partial charge in [0.25, 0.3) is 0 Å². The SMILES string of the molecule is CCC(CC)CCC1CCN(CC(=O)c2cc(C(C)(C)C)c(O)c(C(C)(C)C)c2)C1=N. The fraction of sp³-hybridized carbons (Fsp3) is 0.704. The maximum Gasteiger partial charge on any atom is 0.182 e. The van der Waals surface area contributed by atoms with Crippen LogP contribution >= 0.6 is 0 Å². The van der Waals surface area contributed by atoms with E-state index in [1.165, 1.54) is 19.3 Å². The van der Waals surface area contributed by atoms with Crippen LogP contribution in [0.3, 0.4) is 0 Å². The van der Waals surface area contributed by atoms with Crippen molar-refractivity contribution in [1.82, 2.24) is 4.90 Å². The summed E-state index contributed by atoms with van der Waals surface area (Å²) < 4.78 is 0. The minimum absolute atomic E-state index is 0.0291. The molecule has 1 saturated heterocycles. The van der Waals surface area contributed by atoms with Crippen LogP contribution in [0.5, 0.6) is 5.75 Å². The summed E-state index contributed by atoms with van der Waals surface area (Å²) in [5.74, 6) is 1.98. The van der Waals surface area contributed by atoms with E-state index in [-0.39, 0.29) is 29.1 Å². The van der Waals surface area contributed by atoms with Crippen molar-refractivity contribution >= 4 is 11.6 Å². The Morgan fingerprint density at radius 1 is 1.10 bits per heavy atom. The number of phenols is 1. The quantitative estimate of drug-likeness (QED) is 0.454. The van der Waals surface area contributed by atoms with Crippen molar-refractivity contribution < 1.29 is 9.90 Å². The number of rotatable bonds is 8. The maximum absolute atomic E-state index is 13.3. The van der Waals surface area contributed by atoms with Gasteiger partial charge < -0.3 is 10.0 Å². The fourth-order valence-electron chi connectivity index (χ4n) is 4.61. The number of amidine groups is 1. The first kappa shape index (κ1) is 25.4. The molecule has 0 bridgehead atoms.